The summed E-state index contributed by atoms with van der Waals surface area (Å²) in [7, 11) is 0. The van der Waals surface area contributed by atoms with Gasteiger partial charge in [-0.25, -0.2) is 0 Å². The van der Waals surface area contributed by atoms with Crippen LogP contribution in [0.15, 0.2) is 48.5 Å². The lowest BCUT2D eigenvalue weighted by Crippen LogP contribution is -2.25. The zero-order valence-electron chi connectivity index (χ0n) is 20.3. The second-order valence-electron chi connectivity index (χ2n) is 8.53. The average Bonchev–Trinajstić information content (AvgIpc) is 2.82. The van der Waals surface area contributed by atoms with Crippen LogP contribution in [-0.2, 0) is 9.53 Å². The van der Waals surface area contributed by atoms with E-state index in [4.69, 9.17) is 14.2 Å². The van der Waals surface area contributed by atoms with Crippen molar-refractivity contribution >= 4 is 5.97 Å². The quantitative estimate of drug-likeness (QED) is 0.213. The van der Waals surface area contributed by atoms with Gasteiger partial charge in [0.25, 0.3) is 0 Å². The number of unbranched alkanes of at least 4 members (excludes halogenated alkanes) is 5. The molecular formula is C28H40O4. The number of ether oxygens (including phenoxy) is 3. The Hall–Kier alpha value is -2.49. The molecule has 32 heavy (non-hydrogen) atoms. The predicted octanol–water partition coefficient (Wildman–Crippen LogP) is 7.45. The van der Waals surface area contributed by atoms with Crippen LogP contribution in [-0.4, -0.2) is 25.3 Å². The Morgan fingerprint density at radius 1 is 0.750 bits per heavy atom. The van der Waals surface area contributed by atoms with Crippen molar-refractivity contribution in [1.29, 1.82) is 0 Å². The molecule has 0 amide bonds. The summed E-state index contributed by atoms with van der Waals surface area (Å²) < 4.78 is 17.1. The van der Waals surface area contributed by atoms with E-state index in [0.717, 1.165) is 42.1 Å². The van der Waals surface area contributed by atoms with E-state index in [1.165, 1.54) is 32.1 Å². The highest BCUT2D eigenvalue weighted by atomic mass is 16.6. The number of hydrogen-bond acceptors (Lipinski definition) is 4. The molecule has 4 heteroatoms. The van der Waals surface area contributed by atoms with Crippen molar-refractivity contribution in [3.8, 4) is 22.6 Å². The molecule has 2 atom stereocenters. The molecule has 0 saturated heterocycles. The maximum Gasteiger partial charge on any atom is 0.309 e. The minimum absolute atomic E-state index is 0.0796. The Labute approximate surface area is 194 Å². The molecule has 0 radical (unpaired) electrons. The number of hydrogen-bond donors (Lipinski definition) is 0. The molecule has 0 N–H and O–H groups in total. The third-order valence-electron chi connectivity index (χ3n) is 5.63. The third-order valence-corrected chi connectivity index (χ3v) is 5.63. The minimum Gasteiger partial charge on any atom is -0.494 e. The van der Waals surface area contributed by atoms with E-state index in [2.05, 4.69) is 19.1 Å². The van der Waals surface area contributed by atoms with Crippen molar-refractivity contribution in [3.05, 3.63) is 48.5 Å². The van der Waals surface area contributed by atoms with Crippen molar-refractivity contribution < 1.29 is 19.0 Å². The first-order valence-electron chi connectivity index (χ1n) is 12.2. The SMILES string of the molecule is CCCCCCCCOc1ccc(-c2ccc(OCC(C)OC(=O)C(C)CC)cc2)cc1. The van der Waals surface area contributed by atoms with Crippen molar-refractivity contribution in [2.45, 2.75) is 78.7 Å². The molecule has 0 aliphatic heterocycles. The van der Waals surface area contributed by atoms with Gasteiger partial charge in [-0.1, -0.05) is 77.1 Å². The fourth-order valence-corrected chi connectivity index (χ4v) is 3.29. The van der Waals surface area contributed by atoms with Crippen molar-refractivity contribution in [3.63, 3.8) is 0 Å². The van der Waals surface area contributed by atoms with Crippen LogP contribution in [0.2, 0.25) is 0 Å². The second kappa shape index (κ2) is 14.5. The largest absolute Gasteiger partial charge is 0.494 e. The molecule has 0 saturated carbocycles. The summed E-state index contributed by atoms with van der Waals surface area (Å²) in [4.78, 5) is 11.9. The van der Waals surface area contributed by atoms with Crippen LogP contribution < -0.4 is 9.47 Å². The van der Waals surface area contributed by atoms with Crippen molar-refractivity contribution in [2.24, 2.45) is 5.92 Å². The molecule has 176 valence electrons. The number of esters is 1. The van der Waals surface area contributed by atoms with Gasteiger partial charge >= 0.3 is 5.97 Å². The first-order chi connectivity index (χ1) is 15.5. The molecule has 4 nitrogen and oxygen atoms in total. The molecule has 0 heterocycles. The number of rotatable bonds is 15. The number of benzene rings is 2. The Kier molecular flexibility index (Phi) is 11.7. The van der Waals surface area contributed by atoms with E-state index in [1.54, 1.807) is 0 Å². The summed E-state index contributed by atoms with van der Waals surface area (Å²) in [6, 6.07) is 16.2. The van der Waals surface area contributed by atoms with Crippen LogP contribution in [0.3, 0.4) is 0 Å². The average molecular weight is 441 g/mol. The Morgan fingerprint density at radius 3 is 1.84 bits per heavy atom. The van der Waals surface area contributed by atoms with E-state index >= 15 is 0 Å². The molecule has 0 spiro atoms. The van der Waals surface area contributed by atoms with E-state index in [9.17, 15) is 4.79 Å². The monoisotopic (exact) mass is 440 g/mol. The maximum absolute atomic E-state index is 11.9. The van der Waals surface area contributed by atoms with Crippen LogP contribution in [0.5, 0.6) is 11.5 Å². The van der Waals surface area contributed by atoms with E-state index in [-0.39, 0.29) is 18.0 Å². The van der Waals surface area contributed by atoms with Gasteiger partial charge in [0.05, 0.1) is 12.5 Å². The molecular weight excluding hydrogens is 400 g/mol. The van der Waals surface area contributed by atoms with Crippen LogP contribution in [0.25, 0.3) is 11.1 Å². The molecule has 2 aromatic rings. The van der Waals surface area contributed by atoms with Gasteiger partial charge in [0, 0.05) is 0 Å². The van der Waals surface area contributed by atoms with Gasteiger partial charge in [-0.2, -0.15) is 0 Å². The molecule has 0 aliphatic carbocycles. The number of carbonyl (C=O) groups is 1. The molecule has 2 rings (SSSR count). The van der Waals surface area contributed by atoms with Gasteiger partial charge in [0.15, 0.2) is 0 Å². The van der Waals surface area contributed by atoms with Gasteiger partial charge in [-0.3, -0.25) is 4.79 Å². The van der Waals surface area contributed by atoms with E-state index in [1.807, 2.05) is 57.2 Å². The second-order valence-corrected chi connectivity index (χ2v) is 8.53. The molecule has 0 bridgehead atoms. The van der Waals surface area contributed by atoms with Gasteiger partial charge in [-0.15, -0.1) is 0 Å². The van der Waals surface area contributed by atoms with Gasteiger partial charge in [0.2, 0.25) is 0 Å². The van der Waals surface area contributed by atoms with Crippen LogP contribution in [0.1, 0.15) is 72.6 Å². The van der Waals surface area contributed by atoms with Crippen molar-refractivity contribution in [2.75, 3.05) is 13.2 Å². The third kappa shape index (κ3) is 9.33. The van der Waals surface area contributed by atoms with Crippen LogP contribution in [0.4, 0.5) is 0 Å². The highest BCUT2D eigenvalue weighted by Gasteiger charge is 2.16. The summed E-state index contributed by atoms with van der Waals surface area (Å²) in [6.07, 6.45) is 8.11. The van der Waals surface area contributed by atoms with Crippen LogP contribution in [0, 0.1) is 5.92 Å². The lowest BCUT2D eigenvalue weighted by molar-refractivity contribution is -0.154. The Bertz CT molecular complexity index is 767. The molecule has 0 aliphatic rings. The lowest BCUT2D eigenvalue weighted by Gasteiger charge is -2.16. The first kappa shape index (κ1) is 25.8. The standard InChI is InChI=1S/C28H40O4/c1-5-7-8-9-10-11-20-30-26-16-12-24(13-17-26)25-14-18-27(19-15-25)31-21-23(4)32-28(29)22(3)6-2/h12-19,22-23H,5-11,20-21H2,1-4H3. The normalized spacial score (nSPS) is 12.8. The summed E-state index contributed by atoms with van der Waals surface area (Å²) in [5.74, 6) is 1.43. The minimum atomic E-state index is -0.278. The predicted molar refractivity (Wildman–Crippen MR) is 131 cm³/mol. The zero-order valence-corrected chi connectivity index (χ0v) is 20.3. The van der Waals surface area contributed by atoms with Gasteiger partial charge < -0.3 is 14.2 Å². The first-order valence-corrected chi connectivity index (χ1v) is 12.2. The van der Waals surface area contributed by atoms with E-state index in [0.29, 0.717) is 6.61 Å². The topological polar surface area (TPSA) is 44.8 Å². The molecule has 2 unspecified atom stereocenters. The summed E-state index contributed by atoms with van der Waals surface area (Å²) in [5, 5.41) is 0. The Balaban J connectivity index is 1.74. The smallest absolute Gasteiger partial charge is 0.309 e. The summed E-state index contributed by atoms with van der Waals surface area (Å²) in [5.41, 5.74) is 2.26. The highest BCUT2D eigenvalue weighted by molar-refractivity contribution is 5.72. The molecule has 0 aromatic heterocycles. The maximum atomic E-state index is 11.9. The molecule has 0 fully saturated rings. The number of carbonyl (C=O) groups excluding carboxylic acids is 1. The molecule has 2 aromatic carbocycles. The summed E-state index contributed by atoms with van der Waals surface area (Å²) in [6.45, 7) is 9.07. The Morgan fingerprint density at radius 2 is 1.28 bits per heavy atom. The summed E-state index contributed by atoms with van der Waals surface area (Å²) >= 11 is 0. The zero-order chi connectivity index (χ0) is 23.2. The van der Waals surface area contributed by atoms with Crippen molar-refractivity contribution in [1.82, 2.24) is 0 Å². The van der Waals surface area contributed by atoms with E-state index < -0.39 is 0 Å². The fourth-order valence-electron chi connectivity index (χ4n) is 3.29. The van der Waals surface area contributed by atoms with Crippen LogP contribution >= 0.6 is 0 Å². The highest BCUT2D eigenvalue weighted by Crippen LogP contribution is 2.25. The van der Waals surface area contributed by atoms with Gasteiger partial charge in [-0.05, 0) is 55.2 Å². The lowest BCUT2D eigenvalue weighted by atomic mass is 10.1. The fraction of sp³-hybridized carbons (Fsp3) is 0.536. The van der Waals surface area contributed by atoms with Gasteiger partial charge in [0.1, 0.15) is 24.2 Å².